The van der Waals surface area contributed by atoms with Crippen molar-refractivity contribution in [2.24, 2.45) is 5.92 Å². The van der Waals surface area contributed by atoms with Gasteiger partial charge in [-0.1, -0.05) is 61.4 Å². The third-order valence-electron chi connectivity index (χ3n) is 4.23. The van der Waals surface area contributed by atoms with Crippen molar-refractivity contribution < 1.29 is 14.7 Å². The summed E-state index contributed by atoms with van der Waals surface area (Å²) in [6, 6.07) is 6.96. The van der Waals surface area contributed by atoms with Crippen LogP contribution in [0.1, 0.15) is 44.0 Å². The summed E-state index contributed by atoms with van der Waals surface area (Å²) in [5, 5.41) is 15.1. The molecule has 1 unspecified atom stereocenters. The lowest BCUT2D eigenvalue weighted by Gasteiger charge is -2.12. The van der Waals surface area contributed by atoms with Crippen LogP contribution in [0.25, 0.3) is 11.1 Å². The van der Waals surface area contributed by atoms with Gasteiger partial charge in [0.1, 0.15) is 10.6 Å². The van der Waals surface area contributed by atoms with Crippen molar-refractivity contribution in [3.8, 4) is 11.1 Å². The number of carboxylic acids is 1. The minimum Gasteiger partial charge on any atom is -0.478 e. The van der Waals surface area contributed by atoms with E-state index in [1.807, 2.05) is 26.0 Å². The maximum Gasteiger partial charge on any atom is 0.339 e. The van der Waals surface area contributed by atoms with Gasteiger partial charge in [-0.05, 0) is 37.5 Å². The number of hydrogen-bond donors (Lipinski definition) is 2. The van der Waals surface area contributed by atoms with E-state index >= 15 is 0 Å². The largest absolute Gasteiger partial charge is 0.478 e. The standard InChI is InChI=1S/C22H24ClNO3S/c1-4-5-6-7-14(2)12-15(3)20(25)24-21-19(22(26)27)18(13-28-21)16-8-10-17(23)11-9-16/h5-11,13,15H,4,12H2,1-3H3,(H,24,25)(H,26,27)/b6-5-,14-7+. The highest BCUT2D eigenvalue weighted by Gasteiger charge is 2.23. The molecule has 0 aliphatic heterocycles. The Labute approximate surface area is 174 Å². The number of thiophene rings is 1. The number of carbonyl (C=O) groups excluding carboxylic acids is 1. The smallest absolute Gasteiger partial charge is 0.339 e. The van der Waals surface area contributed by atoms with Crippen LogP contribution in [-0.2, 0) is 4.79 Å². The molecule has 2 rings (SSSR count). The van der Waals surface area contributed by atoms with E-state index in [-0.39, 0.29) is 17.4 Å². The molecule has 1 aromatic heterocycles. The van der Waals surface area contributed by atoms with E-state index in [1.54, 1.807) is 29.6 Å². The van der Waals surface area contributed by atoms with Gasteiger partial charge in [-0.3, -0.25) is 4.79 Å². The normalized spacial score (nSPS) is 12.9. The van der Waals surface area contributed by atoms with Crippen LogP contribution in [0.4, 0.5) is 5.00 Å². The fraction of sp³-hybridized carbons (Fsp3) is 0.273. The Morgan fingerprint density at radius 2 is 1.96 bits per heavy atom. The Morgan fingerprint density at radius 3 is 2.57 bits per heavy atom. The van der Waals surface area contributed by atoms with Crippen LogP contribution in [0.5, 0.6) is 0 Å². The third kappa shape index (κ3) is 5.81. The summed E-state index contributed by atoms with van der Waals surface area (Å²) in [5.74, 6) is -1.54. The number of halogens is 1. The molecule has 6 heteroatoms. The molecule has 28 heavy (non-hydrogen) atoms. The molecule has 1 heterocycles. The fourth-order valence-electron chi connectivity index (χ4n) is 2.75. The molecule has 0 fully saturated rings. The van der Waals surface area contributed by atoms with E-state index < -0.39 is 5.97 Å². The number of allylic oxidation sites excluding steroid dienone is 4. The maximum atomic E-state index is 12.6. The monoisotopic (exact) mass is 417 g/mol. The van der Waals surface area contributed by atoms with Gasteiger partial charge in [-0.15, -0.1) is 11.3 Å². The molecular formula is C22H24ClNO3S. The van der Waals surface area contributed by atoms with Crippen molar-refractivity contribution in [2.75, 3.05) is 5.32 Å². The average Bonchev–Trinajstić information content (AvgIpc) is 3.06. The molecule has 1 amide bonds. The van der Waals surface area contributed by atoms with Crippen LogP contribution in [0.2, 0.25) is 5.02 Å². The molecule has 2 aromatic rings. The Morgan fingerprint density at radius 1 is 1.29 bits per heavy atom. The van der Waals surface area contributed by atoms with E-state index in [0.29, 0.717) is 22.0 Å². The van der Waals surface area contributed by atoms with Gasteiger partial charge in [0, 0.05) is 21.9 Å². The number of anilines is 1. The first-order valence-electron chi connectivity index (χ1n) is 9.07. The molecule has 0 aliphatic carbocycles. The number of rotatable bonds is 8. The minimum absolute atomic E-state index is 0.103. The molecule has 0 radical (unpaired) electrons. The van der Waals surface area contributed by atoms with Crippen LogP contribution in [0.3, 0.4) is 0 Å². The molecule has 0 bridgehead atoms. The highest BCUT2D eigenvalue weighted by atomic mass is 35.5. The van der Waals surface area contributed by atoms with Crippen molar-refractivity contribution in [3.63, 3.8) is 0 Å². The Kier molecular flexibility index (Phi) is 8.03. The van der Waals surface area contributed by atoms with E-state index in [4.69, 9.17) is 11.6 Å². The van der Waals surface area contributed by atoms with E-state index in [9.17, 15) is 14.7 Å². The predicted molar refractivity (Wildman–Crippen MR) is 117 cm³/mol. The molecule has 1 atom stereocenters. The zero-order chi connectivity index (χ0) is 20.7. The van der Waals surface area contributed by atoms with Gasteiger partial charge in [0.25, 0.3) is 0 Å². The first kappa shape index (κ1) is 21.9. The Hall–Kier alpha value is -2.37. The zero-order valence-electron chi connectivity index (χ0n) is 16.2. The highest BCUT2D eigenvalue weighted by molar-refractivity contribution is 7.15. The Balaban J connectivity index is 2.18. The lowest BCUT2D eigenvalue weighted by atomic mass is 10.0. The van der Waals surface area contributed by atoms with Crippen molar-refractivity contribution in [3.05, 3.63) is 64.0 Å². The molecule has 148 valence electrons. The summed E-state index contributed by atoms with van der Waals surface area (Å²) in [6.45, 7) is 5.88. The molecule has 0 aliphatic rings. The SMILES string of the molecule is CC/C=C\C=C(/C)CC(C)C(=O)Nc1scc(-c2ccc(Cl)cc2)c1C(=O)O. The van der Waals surface area contributed by atoms with Gasteiger partial charge in [-0.25, -0.2) is 4.79 Å². The number of carbonyl (C=O) groups is 2. The van der Waals surface area contributed by atoms with Crippen molar-refractivity contribution in [1.82, 2.24) is 0 Å². The van der Waals surface area contributed by atoms with E-state index in [2.05, 4.69) is 18.3 Å². The van der Waals surface area contributed by atoms with Crippen LogP contribution < -0.4 is 5.32 Å². The lowest BCUT2D eigenvalue weighted by Crippen LogP contribution is -2.21. The van der Waals surface area contributed by atoms with Gasteiger partial charge in [0.05, 0.1) is 0 Å². The molecular weight excluding hydrogens is 394 g/mol. The fourth-order valence-corrected chi connectivity index (χ4v) is 3.84. The minimum atomic E-state index is -1.07. The molecule has 1 aromatic carbocycles. The molecule has 0 saturated carbocycles. The summed E-state index contributed by atoms with van der Waals surface area (Å²) in [6.07, 6.45) is 7.61. The Bertz CT molecular complexity index is 897. The number of hydrogen-bond acceptors (Lipinski definition) is 3. The van der Waals surface area contributed by atoms with Crippen molar-refractivity contribution in [2.45, 2.75) is 33.6 Å². The topological polar surface area (TPSA) is 66.4 Å². The van der Waals surface area contributed by atoms with Crippen LogP contribution in [-0.4, -0.2) is 17.0 Å². The predicted octanol–water partition coefficient (Wildman–Crippen LogP) is 6.64. The van der Waals surface area contributed by atoms with Gasteiger partial charge < -0.3 is 10.4 Å². The number of benzene rings is 1. The van der Waals surface area contributed by atoms with E-state index in [0.717, 1.165) is 17.6 Å². The first-order valence-corrected chi connectivity index (χ1v) is 10.3. The van der Waals surface area contributed by atoms with Crippen LogP contribution in [0, 0.1) is 5.92 Å². The maximum absolute atomic E-state index is 12.6. The molecule has 4 nitrogen and oxygen atoms in total. The summed E-state index contributed by atoms with van der Waals surface area (Å²) < 4.78 is 0. The second-order valence-corrected chi connectivity index (χ2v) is 7.93. The van der Waals surface area contributed by atoms with Crippen molar-refractivity contribution in [1.29, 1.82) is 0 Å². The summed E-state index contributed by atoms with van der Waals surface area (Å²) in [4.78, 5) is 24.4. The second-order valence-electron chi connectivity index (χ2n) is 6.61. The van der Waals surface area contributed by atoms with Gasteiger partial charge >= 0.3 is 5.97 Å². The summed E-state index contributed by atoms with van der Waals surface area (Å²) in [5.41, 5.74) is 2.51. The van der Waals surface area contributed by atoms with Crippen LogP contribution >= 0.6 is 22.9 Å². The zero-order valence-corrected chi connectivity index (χ0v) is 17.7. The van der Waals surface area contributed by atoms with Gasteiger partial charge in [-0.2, -0.15) is 0 Å². The summed E-state index contributed by atoms with van der Waals surface area (Å²) in [7, 11) is 0. The highest BCUT2D eigenvalue weighted by Crippen LogP contribution is 2.36. The second kappa shape index (κ2) is 10.2. The average molecular weight is 418 g/mol. The number of amides is 1. The molecule has 0 spiro atoms. The van der Waals surface area contributed by atoms with E-state index in [1.165, 1.54) is 11.3 Å². The van der Waals surface area contributed by atoms with Gasteiger partial charge in [0.15, 0.2) is 0 Å². The van der Waals surface area contributed by atoms with Crippen LogP contribution in [0.15, 0.2) is 53.4 Å². The number of nitrogens with one attached hydrogen (secondary N) is 1. The third-order valence-corrected chi connectivity index (χ3v) is 5.37. The quantitative estimate of drug-likeness (QED) is 0.473. The lowest BCUT2D eigenvalue weighted by molar-refractivity contribution is -0.119. The van der Waals surface area contributed by atoms with Crippen molar-refractivity contribution >= 4 is 39.8 Å². The summed E-state index contributed by atoms with van der Waals surface area (Å²) >= 11 is 7.13. The molecule has 2 N–H and O–H groups in total. The van der Waals surface area contributed by atoms with Gasteiger partial charge in [0.2, 0.25) is 5.91 Å². The number of aromatic carboxylic acids is 1. The first-order chi connectivity index (χ1) is 13.3. The number of carboxylic acid groups (broad SMARTS) is 1. The molecule has 0 saturated heterocycles.